The Morgan fingerprint density at radius 1 is 1.89 bits per heavy atom. The molecule has 3 heteroatoms. The molecule has 1 saturated heterocycles. The number of nitrogens with one attached hydrogen (secondary N) is 1. The maximum atomic E-state index is 5.04. The maximum absolute atomic E-state index is 5.04. The van der Waals surface area contributed by atoms with E-state index in [0.717, 1.165) is 13.0 Å². The van der Waals surface area contributed by atoms with E-state index < -0.39 is 0 Å². The molecule has 2 rings (SSSR count). The van der Waals surface area contributed by atoms with Gasteiger partial charge in [-0.05, 0) is 5.56 Å². The Labute approximate surface area is 53.0 Å². The second-order valence-corrected chi connectivity index (χ2v) is 2.27. The smallest absolute Gasteiger partial charge is 0.0851 e. The van der Waals surface area contributed by atoms with E-state index in [4.69, 9.17) is 4.74 Å². The first kappa shape index (κ1) is 4.99. The minimum atomic E-state index is 0.475. The summed E-state index contributed by atoms with van der Waals surface area (Å²) in [7, 11) is 0. The Morgan fingerprint density at radius 2 is 2.78 bits per heavy atom. The molecule has 0 aliphatic carbocycles. The molecule has 0 spiro atoms. The standard InChI is InChI=1S/C6H8N2O/c1(6-4-9-6)5-2-7-8-3-5/h2-3,6H,1,4H2,(H,7,8). The van der Waals surface area contributed by atoms with Crippen LogP contribution in [-0.2, 0) is 11.2 Å². The number of H-pyrrole nitrogens is 1. The third kappa shape index (κ3) is 1.10. The summed E-state index contributed by atoms with van der Waals surface area (Å²) in [6.45, 7) is 0.922. The zero-order valence-electron chi connectivity index (χ0n) is 5.00. The first-order chi connectivity index (χ1) is 4.45. The molecule has 0 radical (unpaired) electrons. The number of ether oxygens (including phenoxy) is 1. The van der Waals surface area contributed by atoms with Crippen molar-refractivity contribution < 1.29 is 4.74 Å². The summed E-state index contributed by atoms with van der Waals surface area (Å²) in [6, 6.07) is 0. The molecule has 0 bridgehead atoms. The van der Waals surface area contributed by atoms with E-state index >= 15 is 0 Å². The molecule has 3 nitrogen and oxygen atoms in total. The fourth-order valence-corrected chi connectivity index (χ4v) is 0.838. The lowest BCUT2D eigenvalue weighted by Gasteiger charge is -1.84. The van der Waals surface area contributed by atoms with Crippen LogP contribution in [0.15, 0.2) is 12.4 Å². The van der Waals surface area contributed by atoms with Crippen molar-refractivity contribution >= 4 is 0 Å². The van der Waals surface area contributed by atoms with Gasteiger partial charge >= 0.3 is 0 Å². The quantitative estimate of drug-likeness (QED) is 0.578. The number of aromatic nitrogens is 2. The maximum Gasteiger partial charge on any atom is 0.0851 e. The van der Waals surface area contributed by atoms with Crippen molar-refractivity contribution in [3.63, 3.8) is 0 Å². The van der Waals surface area contributed by atoms with Gasteiger partial charge in [-0.1, -0.05) is 0 Å². The summed E-state index contributed by atoms with van der Waals surface area (Å²) in [5.41, 5.74) is 1.23. The fourth-order valence-electron chi connectivity index (χ4n) is 0.838. The molecule has 1 aromatic rings. The van der Waals surface area contributed by atoms with E-state index in [0.29, 0.717) is 6.10 Å². The molecule has 48 valence electrons. The molecule has 1 aliphatic rings. The van der Waals surface area contributed by atoms with Gasteiger partial charge in [0.2, 0.25) is 0 Å². The second-order valence-electron chi connectivity index (χ2n) is 2.27. The van der Waals surface area contributed by atoms with E-state index in [2.05, 4.69) is 10.2 Å². The Morgan fingerprint density at radius 3 is 3.33 bits per heavy atom. The summed E-state index contributed by atoms with van der Waals surface area (Å²) >= 11 is 0. The van der Waals surface area contributed by atoms with Crippen LogP contribution in [0.5, 0.6) is 0 Å². The highest BCUT2D eigenvalue weighted by molar-refractivity contribution is 5.05. The Bertz CT molecular complexity index is 179. The molecule has 1 atom stereocenters. The van der Waals surface area contributed by atoms with Gasteiger partial charge in [-0.15, -0.1) is 0 Å². The number of nitrogens with zero attached hydrogens (tertiary/aromatic N) is 1. The second kappa shape index (κ2) is 1.84. The Kier molecular flexibility index (Phi) is 1.02. The van der Waals surface area contributed by atoms with Crippen molar-refractivity contribution in [1.29, 1.82) is 0 Å². The molecule has 9 heavy (non-hydrogen) atoms. The molecular weight excluding hydrogens is 116 g/mol. The Hall–Kier alpha value is -0.830. The van der Waals surface area contributed by atoms with Gasteiger partial charge < -0.3 is 4.74 Å². The highest BCUT2D eigenvalue weighted by Crippen LogP contribution is 2.14. The summed E-state index contributed by atoms with van der Waals surface area (Å²) in [6.07, 6.45) is 5.22. The number of epoxide rings is 1. The highest BCUT2D eigenvalue weighted by Gasteiger charge is 2.22. The first-order valence-corrected chi connectivity index (χ1v) is 3.04. The summed E-state index contributed by atoms with van der Waals surface area (Å²) in [5, 5.41) is 6.58. The van der Waals surface area contributed by atoms with E-state index in [1.807, 2.05) is 12.4 Å². The van der Waals surface area contributed by atoms with Gasteiger partial charge in [0.05, 0.1) is 18.9 Å². The van der Waals surface area contributed by atoms with Crippen LogP contribution in [0.1, 0.15) is 5.56 Å². The van der Waals surface area contributed by atoms with E-state index in [1.54, 1.807) is 0 Å². The van der Waals surface area contributed by atoms with Crippen molar-refractivity contribution in [3.8, 4) is 0 Å². The van der Waals surface area contributed by atoms with E-state index in [9.17, 15) is 0 Å². The average Bonchev–Trinajstić information content (AvgIpc) is 2.46. The fraction of sp³-hybridized carbons (Fsp3) is 0.500. The van der Waals surface area contributed by atoms with Crippen LogP contribution in [0.3, 0.4) is 0 Å². The van der Waals surface area contributed by atoms with E-state index in [1.165, 1.54) is 5.56 Å². The van der Waals surface area contributed by atoms with Gasteiger partial charge in [0, 0.05) is 12.6 Å². The van der Waals surface area contributed by atoms with Crippen LogP contribution in [-0.4, -0.2) is 22.9 Å². The molecule has 1 unspecified atom stereocenters. The highest BCUT2D eigenvalue weighted by atomic mass is 16.6. The lowest BCUT2D eigenvalue weighted by molar-refractivity contribution is 0.407. The van der Waals surface area contributed by atoms with Crippen molar-refractivity contribution in [2.45, 2.75) is 12.5 Å². The van der Waals surface area contributed by atoms with Crippen LogP contribution < -0.4 is 0 Å². The molecule has 1 aliphatic heterocycles. The van der Waals surface area contributed by atoms with Crippen LogP contribution in [0, 0.1) is 0 Å². The minimum Gasteiger partial charge on any atom is -0.373 e. The number of aromatic amines is 1. The number of hydrogen-bond donors (Lipinski definition) is 1. The summed E-state index contributed by atoms with van der Waals surface area (Å²) < 4.78 is 5.04. The first-order valence-electron chi connectivity index (χ1n) is 3.04. The number of rotatable bonds is 2. The number of hydrogen-bond acceptors (Lipinski definition) is 2. The largest absolute Gasteiger partial charge is 0.373 e. The van der Waals surface area contributed by atoms with Gasteiger partial charge in [0.25, 0.3) is 0 Å². The van der Waals surface area contributed by atoms with E-state index in [-0.39, 0.29) is 0 Å². The molecule has 1 N–H and O–H groups in total. The zero-order valence-corrected chi connectivity index (χ0v) is 5.00. The van der Waals surface area contributed by atoms with Gasteiger partial charge in [0.1, 0.15) is 0 Å². The topological polar surface area (TPSA) is 41.2 Å². The lowest BCUT2D eigenvalue weighted by Crippen LogP contribution is -1.89. The van der Waals surface area contributed by atoms with Gasteiger partial charge in [-0.2, -0.15) is 5.10 Å². The average molecular weight is 124 g/mol. The van der Waals surface area contributed by atoms with Crippen molar-refractivity contribution in [2.24, 2.45) is 0 Å². The van der Waals surface area contributed by atoms with Crippen molar-refractivity contribution in [1.82, 2.24) is 10.2 Å². The van der Waals surface area contributed by atoms with Crippen molar-refractivity contribution in [3.05, 3.63) is 18.0 Å². The van der Waals surface area contributed by atoms with Gasteiger partial charge in [-0.25, -0.2) is 0 Å². The Balaban J connectivity index is 1.99. The SMILES string of the molecule is c1n[nH]cc1CC1CO1. The molecule has 0 aromatic carbocycles. The predicted molar refractivity (Wildman–Crippen MR) is 32.0 cm³/mol. The van der Waals surface area contributed by atoms with Crippen LogP contribution in [0.2, 0.25) is 0 Å². The predicted octanol–water partition coefficient (Wildman–Crippen LogP) is 0.351. The van der Waals surface area contributed by atoms with Gasteiger partial charge in [-0.3, -0.25) is 5.10 Å². The van der Waals surface area contributed by atoms with Crippen molar-refractivity contribution in [2.75, 3.05) is 6.61 Å². The van der Waals surface area contributed by atoms with Crippen LogP contribution in [0.4, 0.5) is 0 Å². The lowest BCUT2D eigenvalue weighted by atomic mass is 10.2. The molecule has 2 heterocycles. The summed E-state index contributed by atoms with van der Waals surface area (Å²) in [4.78, 5) is 0. The van der Waals surface area contributed by atoms with Crippen LogP contribution in [0.25, 0.3) is 0 Å². The molecule has 1 aromatic heterocycles. The third-order valence-electron chi connectivity index (χ3n) is 1.42. The zero-order chi connectivity index (χ0) is 6.10. The molecule has 0 saturated carbocycles. The molecule has 0 amide bonds. The molecule has 1 fully saturated rings. The summed E-state index contributed by atoms with van der Waals surface area (Å²) in [5.74, 6) is 0. The monoisotopic (exact) mass is 124 g/mol. The van der Waals surface area contributed by atoms with Gasteiger partial charge in [0.15, 0.2) is 0 Å². The normalized spacial score (nSPS) is 24.2. The molecular formula is C6H8N2O. The third-order valence-corrected chi connectivity index (χ3v) is 1.42. The minimum absolute atomic E-state index is 0.475. The van der Waals surface area contributed by atoms with Crippen LogP contribution >= 0.6 is 0 Å².